The molecule has 0 aliphatic heterocycles. The number of benzene rings is 2. The molecule has 5 nitrogen and oxygen atoms in total. The first-order chi connectivity index (χ1) is 11.3. The van der Waals surface area contributed by atoms with Crippen LogP contribution in [0, 0.1) is 0 Å². The first kappa shape index (κ1) is 17.9. The smallest absolute Gasteiger partial charge is 0.260 e. The summed E-state index contributed by atoms with van der Waals surface area (Å²) in [7, 11) is 0. The van der Waals surface area contributed by atoms with Gasteiger partial charge in [0.15, 0.2) is 17.6 Å². The maximum absolute atomic E-state index is 12.2. The second-order valence-corrected chi connectivity index (χ2v) is 6.09. The first-order valence-corrected chi connectivity index (χ1v) is 7.96. The van der Waals surface area contributed by atoms with Gasteiger partial charge in [0.2, 0.25) is 0 Å². The largest absolute Gasteiger partial charge is 0.504 e. The molecule has 1 amide bonds. The van der Waals surface area contributed by atoms with E-state index in [9.17, 15) is 15.0 Å². The molecular formula is C18H20ClNO4. The second kappa shape index (κ2) is 7.93. The summed E-state index contributed by atoms with van der Waals surface area (Å²) >= 11 is 5.89. The number of amides is 1. The molecule has 0 aliphatic rings. The molecule has 0 aliphatic carbocycles. The predicted octanol–water partition coefficient (Wildman–Crippen LogP) is 3.27. The number of ether oxygens (including phenoxy) is 1. The van der Waals surface area contributed by atoms with Crippen LogP contribution in [0.15, 0.2) is 42.5 Å². The molecule has 2 atom stereocenters. The molecule has 6 heteroatoms. The van der Waals surface area contributed by atoms with Gasteiger partial charge in [-0.05, 0) is 56.2 Å². The van der Waals surface area contributed by atoms with Gasteiger partial charge in [0, 0.05) is 11.1 Å². The van der Waals surface area contributed by atoms with Crippen molar-refractivity contribution < 1.29 is 19.7 Å². The zero-order chi connectivity index (χ0) is 17.7. The lowest BCUT2D eigenvalue weighted by atomic mass is 10.1. The van der Waals surface area contributed by atoms with E-state index in [2.05, 4.69) is 5.32 Å². The number of phenolic OH excluding ortho intramolecular Hbond substituents is 2. The number of hydrogen-bond acceptors (Lipinski definition) is 4. The minimum Gasteiger partial charge on any atom is -0.504 e. The highest BCUT2D eigenvalue weighted by atomic mass is 35.5. The fourth-order valence-electron chi connectivity index (χ4n) is 2.26. The molecule has 0 saturated carbocycles. The molecular weight excluding hydrogens is 330 g/mol. The minimum atomic E-state index is -0.667. The van der Waals surface area contributed by atoms with Gasteiger partial charge in [-0.1, -0.05) is 23.7 Å². The molecule has 0 heterocycles. The van der Waals surface area contributed by atoms with Gasteiger partial charge in [-0.25, -0.2) is 0 Å². The maximum atomic E-state index is 12.2. The SMILES string of the molecule is C[C@H](Oc1cccc(Cl)c1)C(=O)N[C@@H](C)Cc1ccc(O)c(O)c1. The van der Waals surface area contributed by atoms with Crippen LogP contribution in [0.4, 0.5) is 0 Å². The zero-order valence-corrected chi connectivity index (χ0v) is 14.2. The Labute approximate surface area is 145 Å². The molecule has 0 saturated heterocycles. The Bertz CT molecular complexity index is 720. The van der Waals surface area contributed by atoms with Crippen LogP contribution in [0.1, 0.15) is 19.4 Å². The van der Waals surface area contributed by atoms with Gasteiger partial charge in [-0.3, -0.25) is 4.79 Å². The topological polar surface area (TPSA) is 78.8 Å². The summed E-state index contributed by atoms with van der Waals surface area (Å²) in [5.41, 5.74) is 0.807. The van der Waals surface area contributed by atoms with Gasteiger partial charge in [0.25, 0.3) is 5.91 Å². The monoisotopic (exact) mass is 349 g/mol. The minimum absolute atomic E-state index is 0.160. The molecule has 0 fully saturated rings. The maximum Gasteiger partial charge on any atom is 0.260 e. The van der Waals surface area contributed by atoms with E-state index in [1.54, 1.807) is 37.3 Å². The highest BCUT2D eigenvalue weighted by Gasteiger charge is 2.17. The second-order valence-electron chi connectivity index (χ2n) is 5.65. The quantitative estimate of drug-likeness (QED) is 0.699. The molecule has 2 aromatic carbocycles. The van der Waals surface area contributed by atoms with Gasteiger partial charge in [0.1, 0.15) is 5.75 Å². The number of nitrogens with one attached hydrogen (secondary N) is 1. The highest BCUT2D eigenvalue weighted by Crippen LogP contribution is 2.25. The normalized spacial score (nSPS) is 13.1. The van der Waals surface area contributed by atoms with Crippen molar-refractivity contribution >= 4 is 17.5 Å². The van der Waals surface area contributed by atoms with Crippen LogP contribution in [0.25, 0.3) is 0 Å². The number of carbonyl (C=O) groups excluding carboxylic acids is 1. The van der Waals surface area contributed by atoms with E-state index in [-0.39, 0.29) is 23.4 Å². The molecule has 0 aromatic heterocycles. The number of aromatic hydroxyl groups is 2. The molecule has 0 radical (unpaired) electrons. The van der Waals surface area contributed by atoms with Crippen molar-refractivity contribution in [3.63, 3.8) is 0 Å². The Kier molecular flexibility index (Phi) is 5.93. The fourth-order valence-corrected chi connectivity index (χ4v) is 2.44. The number of phenols is 2. The summed E-state index contributed by atoms with van der Waals surface area (Å²) in [5, 5.41) is 22.2. The number of halogens is 1. The van der Waals surface area contributed by atoms with Crippen molar-refractivity contribution in [1.29, 1.82) is 0 Å². The van der Waals surface area contributed by atoms with Crippen LogP contribution in [-0.4, -0.2) is 28.3 Å². The Hall–Kier alpha value is -2.40. The van der Waals surface area contributed by atoms with E-state index in [0.29, 0.717) is 17.2 Å². The van der Waals surface area contributed by atoms with Crippen LogP contribution in [0.5, 0.6) is 17.2 Å². The van der Waals surface area contributed by atoms with Gasteiger partial charge < -0.3 is 20.3 Å². The predicted molar refractivity (Wildman–Crippen MR) is 92.6 cm³/mol. The van der Waals surface area contributed by atoms with Crippen LogP contribution < -0.4 is 10.1 Å². The van der Waals surface area contributed by atoms with Gasteiger partial charge in [0.05, 0.1) is 0 Å². The lowest BCUT2D eigenvalue weighted by molar-refractivity contribution is -0.127. The lowest BCUT2D eigenvalue weighted by Crippen LogP contribution is -2.42. The third kappa shape index (κ3) is 5.06. The fraction of sp³-hybridized carbons (Fsp3) is 0.278. The molecule has 0 unspecified atom stereocenters. The molecule has 0 bridgehead atoms. The average molecular weight is 350 g/mol. The first-order valence-electron chi connectivity index (χ1n) is 7.58. The summed E-state index contributed by atoms with van der Waals surface area (Å²) in [4.78, 5) is 12.2. The van der Waals surface area contributed by atoms with Crippen molar-refractivity contribution in [3.05, 3.63) is 53.1 Å². The molecule has 128 valence electrons. The summed E-state index contributed by atoms with van der Waals surface area (Å²) in [6.45, 7) is 3.52. The van der Waals surface area contributed by atoms with E-state index >= 15 is 0 Å². The van der Waals surface area contributed by atoms with Crippen molar-refractivity contribution in [2.75, 3.05) is 0 Å². The molecule has 2 rings (SSSR count). The highest BCUT2D eigenvalue weighted by molar-refractivity contribution is 6.30. The van der Waals surface area contributed by atoms with E-state index < -0.39 is 6.10 Å². The Morgan fingerprint density at radius 1 is 1.17 bits per heavy atom. The lowest BCUT2D eigenvalue weighted by Gasteiger charge is -2.19. The summed E-state index contributed by atoms with van der Waals surface area (Å²) in [5.74, 6) is -0.0607. The van der Waals surface area contributed by atoms with Gasteiger partial charge in [-0.2, -0.15) is 0 Å². The molecule has 0 spiro atoms. The van der Waals surface area contributed by atoms with Gasteiger partial charge in [-0.15, -0.1) is 0 Å². The summed E-state index contributed by atoms with van der Waals surface area (Å²) in [6.07, 6.45) is -0.150. The molecule has 3 N–H and O–H groups in total. The third-order valence-electron chi connectivity index (χ3n) is 3.45. The van der Waals surface area contributed by atoms with Crippen LogP contribution in [-0.2, 0) is 11.2 Å². The average Bonchev–Trinajstić information content (AvgIpc) is 2.50. The Morgan fingerprint density at radius 2 is 1.92 bits per heavy atom. The van der Waals surface area contributed by atoms with Crippen molar-refractivity contribution in [2.24, 2.45) is 0 Å². The van der Waals surface area contributed by atoms with Crippen molar-refractivity contribution in [1.82, 2.24) is 5.32 Å². The van der Waals surface area contributed by atoms with Crippen LogP contribution >= 0.6 is 11.6 Å². The number of carbonyl (C=O) groups is 1. The van der Waals surface area contributed by atoms with Crippen molar-refractivity contribution in [2.45, 2.75) is 32.4 Å². The van der Waals surface area contributed by atoms with E-state index in [1.165, 1.54) is 12.1 Å². The standard InChI is InChI=1S/C18H20ClNO4/c1-11(8-13-6-7-16(21)17(22)9-13)20-18(23)12(2)24-15-5-3-4-14(19)10-15/h3-7,9-12,21-22H,8H2,1-2H3,(H,20,23)/t11-,12-/m0/s1. The van der Waals surface area contributed by atoms with Crippen LogP contribution in [0.3, 0.4) is 0 Å². The zero-order valence-electron chi connectivity index (χ0n) is 13.5. The Balaban J connectivity index is 1.89. The van der Waals surface area contributed by atoms with Gasteiger partial charge >= 0.3 is 0 Å². The molecule has 2 aromatic rings. The van der Waals surface area contributed by atoms with Crippen LogP contribution in [0.2, 0.25) is 5.02 Å². The summed E-state index contributed by atoms with van der Waals surface area (Å²) in [6, 6.07) is 11.3. The third-order valence-corrected chi connectivity index (χ3v) is 3.68. The van der Waals surface area contributed by atoms with E-state index in [1.807, 2.05) is 6.92 Å². The van der Waals surface area contributed by atoms with E-state index in [0.717, 1.165) is 5.56 Å². The number of rotatable bonds is 6. The van der Waals surface area contributed by atoms with Crippen molar-refractivity contribution in [3.8, 4) is 17.2 Å². The summed E-state index contributed by atoms with van der Waals surface area (Å²) < 4.78 is 5.57. The number of hydrogen-bond donors (Lipinski definition) is 3. The molecule has 24 heavy (non-hydrogen) atoms. The van der Waals surface area contributed by atoms with E-state index in [4.69, 9.17) is 16.3 Å². The Morgan fingerprint density at radius 3 is 2.58 bits per heavy atom.